The molecule has 5 aromatic rings. The Morgan fingerprint density at radius 3 is 2.62 bits per heavy atom. The van der Waals surface area contributed by atoms with Crippen molar-refractivity contribution < 1.29 is 31.8 Å². The second kappa shape index (κ2) is 13.0. The monoisotopic (exact) mass is 648 g/mol. The maximum atomic E-state index is 15.3. The van der Waals surface area contributed by atoms with Crippen LogP contribution in [0.4, 0.5) is 8.78 Å². The van der Waals surface area contributed by atoms with Crippen molar-refractivity contribution in [3.63, 3.8) is 0 Å². The molecule has 0 spiro atoms. The van der Waals surface area contributed by atoms with Crippen molar-refractivity contribution in [3.05, 3.63) is 100 Å². The molecular weight excluding hydrogens is 621 g/mol. The lowest BCUT2D eigenvalue weighted by molar-refractivity contribution is 0.0520. The zero-order valence-corrected chi connectivity index (χ0v) is 26.1. The summed E-state index contributed by atoms with van der Waals surface area (Å²) >= 11 is -1.47. The third kappa shape index (κ3) is 6.58. The minimum Gasteiger partial charge on any atom is -0.768 e. The number of carbonyl (C=O) groups excluding carboxylic acids is 1. The number of carbonyl (C=O) groups is 1. The Morgan fingerprint density at radius 1 is 1.09 bits per heavy atom. The molecule has 6 rings (SSSR count). The number of hydrogen-bond donors (Lipinski definition) is 0. The molecule has 1 saturated carbocycles. The van der Waals surface area contributed by atoms with Crippen LogP contribution in [-0.2, 0) is 28.7 Å². The number of ether oxygens (including phenoxy) is 2. The van der Waals surface area contributed by atoms with Gasteiger partial charge < -0.3 is 14.0 Å². The zero-order valence-electron chi connectivity index (χ0n) is 24.4. The van der Waals surface area contributed by atoms with Crippen molar-refractivity contribution >= 4 is 28.4 Å². The molecule has 1 aliphatic rings. The minimum absolute atomic E-state index is 0.165. The summed E-state index contributed by atoms with van der Waals surface area (Å²) in [5, 5.41) is 7.06. The van der Waals surface area contributed by atoms with E-state index in [1.807, 2.05) is 0 Å². The van der Waals surface area contributed by atoms with Crippen LogP contribution in [0.1, 0.15) is 47.1 Å². The van der Waals surface area contributed by atoms with Crippen molar-refractivity contribution in [1.29, 1.82) is 0 Å². The second-order valence-electron chi connectivity index (χ2n) is 10.7. The van der Waals surface area contributed by atoms with Crippen molar-refractivity contribution in [2.24, 2.45) is 5.92 Å². The molecule has 12 heteroatoms. The Bertz CT molecular complexity index is 1920. The van der Waals surface area contributed by atoms with Gasteiger partial charge >= 0.3 is 5.97 Å². The van der Waals surface area contributed by atoms with Gasteiger partial charge in [-0.1, -0.05) is 18.2 Å². The van der Waals surface area contributed by atoms with Gasteiger partial charge in [-0.2, -0.15) is 5.10 Å². The summed E-state index contributed by atoms with van der Waals surface area (Å²) in [6.45, 7) is 1.93. The standard InChI is InChI=1S/C33H29F2N3O5S2/c1-3-43-32(39)28-18-44-33(36-28)38-29(15-19-7-8-19)25(13-20-9-12-30(45(40)41)27(35)14-20)31(37-38)22-10-11-26(34)24(17-22)21-5-4-6-23(16-21)42-2/h4-6,9-12,14,16-19H,3,7-8,13,15H2,1-2H3,(H,40,41)/p-1. The summed E-state index contributed by atoms with van der Waals surface area (Å²) in [6, 6.07) is 15.9. The molecule has 0 amide bonds. The van der Waals surface area contributed by atoms with Crippen molar-refractivity contribution in [1.82, 2.24) is 14.8 Å². The molecule has 0 bridgehead atoms. The van der Waals surface area contributed by atoms with Crippen LogP contribution in [0.3, 0.4) is 0 Å². The number of aromatic nitrogens is 3. The number of halogens is 2. The van der Waals surface area contributed by atoms with Crippen LogP contribution in [0.15, 0.2) is 70.9 Å². The van der Waals surface area contributed by atoms with E-state index in [2.05, 4.69) is 4.98 Å². The Morgan fingerprint density at radius 2 is 1.91 bits per heavy atom. The predicted octanol–water partition coefficient (Wildman–Crippen LogP) is 6.91. The number of methoxy groups -OCH3 is 1. The van der Waals surface area contributed by atoms with E-state index in [1.165, 1.54) is 29.5 Å². The summed E-state index contributed by atoms with van der Waals surface area (Å²) in [7, 11) is 1.54. The van der Waals surface area contributed by atoms with Gasteiger partial charge in [0.1, 0.15) is 17.4 Å². The predicted molar refractivity (Wildman–Crippen MR) is 165 cm³/mol. The number of esters is 1. The SMILES string of the molecule is CCOC(=O)c1csc(-n2nc(-c3ccc(F)c(-c4cccc(OC)c4)c3)c(Cc3ccc(S(=O)[O-])c(F)c3)c2CC2CC2)n1. The molecule has 0 aliphatic heterocycles. The molecule has 2 aromatic heterocycles. The second-order valence-corrected chi connectivity index (χ2v) is 12.4. The lowest BCUT2D eigenvalue weighted by Gasteiger charge is -2.12. The fourth-order valence-corrected chi connectivity index (χ4v) is 6.37. The van der Waals surface area contributed by atoms with Gasteiger partial charge in [-0.25, -0.2) is 23.2 Å². The highest BCUT2D eigenvalue weighted by atomic mass is 32.2. The van der Waals surface area contributed by atoms with Gasteiger partial charge in [0, 0.05) is 28.5 Å². The number of thiazole rings is 1. The molecule has 2 heterocycles. The molecule has 232 valence electrons. The highest BCUT2D eigenvalue weighted by Gasteiger charge is 2.30. The number of benzene rings is 3. The smallest absolute Gasteiger partial charge is 0.357 e. The van der Waals surface area contributed by atoms with Crippen LogP contribution in [0, 0.1) is 17.6 Å². The minimum atomic E-state index is -2.71. The average Bonchev–Trinajstić information content (AvgIpc) is 3.60. The maximum absolute atomic E-state index is 15.3. The molecule has 8 nitrogen and oxygen atoms in total. The number of hydrogen-bond acceptors (Lipinski definition) is 8. The summed E-state index contributed by atoms with van der Waals surface area (Å²) < 4.78 is 65.1. The highest BCUT2D eigenvalue weighted by Crippen LogP contribution is 2.39. The topological polar surface area (TPSA) is 106 Å². The molecule has 45 heavy (non-hydrogen) atoms. The van der Waals surface area contributed by atoms with E-state index >= 15 is 4.39 Å². The average molecular weight is 649 g/mol. The Labute approximate surface area is 265 Å². The lowest BCUT2D eigenvalue weighted by Crippen LogP contribution is -2.08. The normalized spacial score (nSPS) is 13.5. The molecule has 0 saturated heterocycles. The zero-order chi connectivity index (χ0) is 31.7. The van der Waals surface area contributed by atoms with E-state index < -0.39 is 33.6 Å². The van der Waals surface area contributed by atoms with E-state index in [4.69, 9.17) is 14.6 Å². The van der Waals surface area contributed by atoms with Gasteiger partial charge in [0.25, 0.3) is 0 Å². The fourth-order valence-electron chi connectivity index (χ4n) is 5.20. The number of nitrogens with zero attached hydrogens (tertiary/aromatic N) is 3. The Balaban J connectivity index is 1.52. The summed E-state index contributed by atoms with van der Waals surface area (Å²) in [5.74, 6) is -0.809. The molecule has 1 atom stereocenters. The first-order valence-electron chi connectivity index (χ1n) is 14.3. The fraction of sp³-hybridized carbons (Fsp3) is 0.242. The van der Waals surface area contributed by atoms with Crippen LogP contribution < -0.4 is 4.74 Å². The van der Waals surface area contributed by atoms with Gasteiger partial charge in [0.15, 0.2) is 5.69 Å². The maximum Gasteiger partial charge on any atom is 0.357 e. The Hall–Kier alpha value is -4.26. The van der Waals surface area contributed by atoms with Crippen LogP contribution in [0.25, 0.3) is 27.5 Å². The molecule has 3 aromatic carbocycles. The lowest BCUT2D eigenvalue weighted by atomic mass is 9.95. The summed E-state index contributed by atoms with van der Waals surface area (Å²) in [6.07, 6.45) is 2.97. The molecule has 1 unspecified atom stereocenters. The van der Waals surface area contributed by atoms with Crippen LogP contribution >= 0.6 is 11.3 Å². The molecule has 0 radical (unpaired) electrons. The first-order valence-corrected chi connectivity index (χ1v) is 16.3. The van der Waals surface area contributed by atoms with E-state index in [0.717, 1.165) is 24.1 Å². The quantitative estimate of drug-likeness (QED) is 0.113. The highest BCUT2D eigenvalue weighted by molar-refractivity contribution is 7.79. The van der Waals surface area contributed by atoms with E-state index in [9.17, 15) is 17.9 Å². The summed E-state index contributed by atoms with van der Waals surface area (Å²) in [4.78, 5) is 16.5. The van der Waals surface area contributed by atoms with Gasteiger partial charge in [0.05, 0.1) is 30.0 Å². The van der Waals surface area contributed by atoms with E-state index in [1.54, 1.807) is 66.6 Å². The van der Waals surface area contributed by atoms with Crippen LogP contribution in [0.5, 0.6) is 5.75 Å². The van der Waals surface area contributed by atoms with Gasteiger partial charge in [-0.3, -0.25) is 4.21 Å². The Kier molecular flexibility index (Phi) is 8.88. The first kappa shape index (κ1) is 30.8. The number of rotatable bonds is 11. The van der Waals surface area contributed by atoms with Crippen molar-refractivity contribution in [2.75, 3.05) is 13.7 Å². The largest absolute Gasteiger partial charge is 0.768 e. The van der Waals surface area contributed by atoms with E-state index in [0.29, 0.717) is 51.2 Å². The van der Waals surface area contributed by atoms with Crippen LogP contribution in [0.2, 0.25) is 0 Å². The van der Waals surface area contributed by atoms with Crippen LogP contribution in [-0.4, -0.2) is 43.2 Å². The van der Waals surface area contributed by atoms with Gasteiger partial charge in [0.2, 0.25) is 5.13 Å². The molecule has 1 fully saturated rings. The third-order valence-corrected chi connectivity index (χ3v) is 9.11. The first-order chi connectivity index (χ1) is 21.7. The molecule has 0 N–H and O–H groups in total. The molecule has 1 aliphatic carbocycles. The van der Waals surface area contributed by atoms with E-state index in [-0.39, 0.29) is 18.7 Å². The third-order valence-electron chi connectivity index (χ3n) is 7.60. The van der Waals surface area contributed by atoms with Crippen molar-refractivity contribution in [3.8, 4) is 33.3 Å². The van der Waals surface area contributed by atoms with Crippen molar-refractivity contribution in [2.45, 2.75) is 37.5 Å². The summed E-state index contributed by atoms with van der Waals surface area (Å²) in [5.41, 5.74) is 4.45. The van der Waals surface area contributed by atoms with Gasteiger partial charge in [-0.15, -0.1) is 11.3 Å². The molecular formula is C33H28F2N3O5S2-. The van der Waals surface area contributed by atoms with Gasteiger partial charge in [-0.05, 0) is 96.8 Å².